The van der Waals surface area contributed by atoms with Crippen molar-refractivity contribution >= 4 is 48.1 Å². The third-order valence-corrected chi connectivity index (χ3v) is 4.07. The number of aryl methyl sites for hydroxylation is 2. The first-order valence-corrected chi connectivity index (χ1v) is 8.34. The van der Waals surface area contributed by atoms with Crippen LogP contribution in [0.1, 0.15) is 11.1 Å². The van der Waals surface area contributed by atoms with Crippen LogP contribution < -0.4 is 22.9 Å². The first kappa shape index (κ1) is 23.9. The zero-order chi connectivity index (χ0) is 19.6. The number of rotatable bonds is 4. The molecule has 0 spiro atoms. The summed E-state index contributed by atoms with van der Waals surface area (Å²) in [5.74, 6) is 1.60. The van der Waals surface area contributed by atoms with Crippen molar-refractivity contribution < 1.29 is 4.42 Å². The van der Waals surface area contributed by atoms with Crippen molar-refractivity contribution in [2.75, 3.05) is 0 Å². The first-order valence-electron chi connectivity index (χ1n) is 8.34. The molecule has 7 nitrogen and oxygen atoms in total. The number of halogens is 2. The van der Waals surface area contributed by atoms with Gasteiger partial charge in [-0.15, -0.1) is 24.8 Å². The number of hydrogen-bond acceptors (Lipinski definition) is 3. The number of benzene rings is 2. The fourth-order valence-corrected chi connectivity index (χ4v) is 2.91. The minimum atomic E-state index is 0. The van der Waals surface area contributed by atoms with E-state index in [1.54, 1.807) is 0 Å². The Balaban J connectivity index is 0.00000210. The Kier molecular flexibility index (Phi) is 8.12. The van der Waals surface area contributed by atoms with Crippen LogP contribution in [0.3, 0.4) is 0 Å². The van der Waals surface area contributed by atoms with Crippen molar-refractivity contribution in [3.8, 4) is 22.6 Å². The van der Waals surface area contributed by atoms with Gasteiger partial charge in [-0.25, -0.2) is 9.98 Å². The fraction of sp³-hybridized carbons (Fsp3) is 0.100. The predicted molar refractivity (Wildman–Crippen MR) is 124 cm³/mol. The summed E-state index contributed by atoms with van der Waals surface area (Å²) < 4.78 is 6.09. The zero-order valence-electron chi connectivity index (χ0n) is 16.0. The molecule has 0 aliphatic heterocycles. The zero-order valence-corrected chi connectivity index (χ0v) is 17.7. The van der Waals surface area contributed by atoms with Crippen LogP contribution >= 0.6 is 24.8 Å². The van der Waals surface area contributed by atoms with Gasteiger partial charge in [0.05, 0.1) is 11.4 Å². The van der Waals surface area contributed by atoms with Gasteiger partial charge in [0.15, 0.2) is 11.9 Å². The molecule has 0 bridgehead atoms. The maximum Gasteiger partial charge on any atom is 0.191 e. The van der Waals surface area contributed by atoms with Gasteiger partial charge in [-0.3, -0.25) is 0 Å². The third-order valence-electron chi connectivity index (χ3n) is 4.07. The highest BCUT2D eigenvalue weighted by molar-refractivity contribution is 5.85. The molecule has 3 rings (SSSR count). The molecule has 29 heavy (non-hydrogen) atoms. The molecular formula is C20H24Cl2N6O. The van der Waals surface area contributed by atoms with Crippen molar-refractivity contribution in [2.45, 2.75) is 13.8 Å². The summed E-state index contributed by atoms with van der Waals surface area (Å²) in [6.45, 7) is 3.97. The maximum atomic E-state index is 6.09. The number of nitrogens with zero attached hydrogens (tertiary/aromatic N) is 2. The Hall–Kier alpha value is -3.16. The average Bonchev–Trinajstić information content (AvgIpc) is 3.03. The second-order valence-corrected chi connectivity index (χ2v) is 6.24. The molecule has 9 heteroatoms. The lowest BCUT2D eigenvalue weighted by molar-refractivity contribution is 0.596. The smallest absolute Gasteiger partial charge is 0.191 e. The highest BCUT2D eigenvalue weighted by Gasteiger charge is 2.11. The monoisotopic (exact) mass is 434 g/mol. The number of furan rings is 1. The van der Waals surface area contributed by atoms with Gasteiger partial charge in [0, 0.05) is 11.1 Å². The Labute approximate surface area is 181 Å². The van der Waals surface area contributed by atoms with Crippen LogP contribution in [0.25, 0.3) is 22.6 Å². The third kappa shape index (κ3) is 5.66. The number of nitrogens with two attached hydrogens (primary N) is 4. The molecule has 0 radical (unpaired) electrons. The molecule has 0 saturated carbocycles. The molecule has 0 fully saturated rings. The lowest BCUT2D eigenvalue weighted by Gasteiger charge is -2.06. The normalized spacial score (nSPS) is 9.72. The maximum absolute atomic E-state index is 6.09. The van der Waals surface area contributed by atoms with E-state index in [0.29, 0.717) is 11.4 Å². The van der Waals surface area contributed by atoms with Gasteiger partial charge >= 0.3 is 0 Å². The number of hydrogen-bond donors (Lipinski definition) is 4. The van der Waals surface area contributed by atoms with Gasteiger partial charge in [-0.05, 0) is 73.5 Å². The lowest BCUT2D eigenvalue weighted by Crippen LogP contribution is -2.21. The molecule has 0 amide bonds. The van der Waals surface area contributed by atoms with Crippen LogP contribution in [0.15, 0.2) is 62.9 Å². The summed E-state index contributed by atoms with van der Waals surface area (Å²) in [4.78, 5) is 8.12. The van der Waals surface area contributed by atoms with E-state index in [9.17, 15) is 0 Å². The minimum Gasteiger partial charge on any atom is -0.456 e. The van der Waals surface area contributed by atoms with Crippen molar-refractivity contribution in [3.05, 3.63) is 59.7 Å². The standard InChI is InChI=1S/C20H22N6O.2ClH/c1-11-9-13(25-19(21)22)3-5-15(11)17-7-8-18(27-17)16-6-4-14(10-12(16)2)26-20(23)24;;/h3-10H,1-2H3,(H4,21,22,25)(H4,23,24,26);2*1H. The molecule has 3 aromatic rings. The van der Waals surface area contributed by atoms with Crippen molar-refractivity contribution in [3.63, 3.8) is 0 Å². The summed E-state index contributed by atoms with van der Waals surface area (Å²) in [6, 6.07) is 15.3. The van der Waals surface area contributed by atoms with Gasteiger partial charge in [-0.2, -0.15) is 0 Å². The minimum absolute atomic E-state index is 0. The lowest BCUT2D eigenvalue weighted by atomic mass is 10.1. The fourth-order valence-electron chi connectivity index (χ4n) is 2.91. The Bertz CT molecular complexity index is 969. The van der Waals surface area contributed by atoms with E-state index in [4.69, 9.17) is 27.4 Å². The quantitative estimate of drug-likeness (QED) is 0.363. The van der Waals surface area contributed by atoms with E-state index in [2.05, 4.69) is 9.98 Å². The van der Waals surface area contributed by atoms with Gasteiger partial charge in [0.2, 0.25) is 0 Å². The van der Waals surface area contributed by atoms with Gasteiger partial charge in [0.25, 0.3) is 0 Å². The summed E-state index contributed by atoms with van der Waals surface area (Å²) in [6.07, 6.45) is 0. The van der Waals surface area contributed by atoms with Crippen LogP contribution in [0.5, 0.6) is 0 Å². The average molecular weight is 435 g/mol. The van der Waals surface area contributed by atoms with E-state index in [1.807, 2.05) is 62.4 Å². The van der Waals surface area contributed by atoms with Crippen LogP contribution in [0.2, 0.25) is 0 Å². The summed E-state index contributed by atoms with van der Waals surface area (Å²) >= 11 is 0. The second kappa shape index (κ2) is 9.86. The van der Waals surface area contributed by atoms with Crippen molar-refractivity contribution in [2.24, 2.45) is 32.9 Å². The molecule has 0 aliphatic carbocycles. The molecular weight excluding hydrogens is 411 g/mol. The van der Waals surface area contributed by atoms with E-state index in [0.717, 1.165) is 33.8 Å². The van der Waals surface area contributed by atoms with E-state index >= 15 is 0 Å². The predicted octanol–water partition coefficient (Wildman–Crippen LogP) is 3.88. The van der Waals surface area contributed by atoms with Crippen molar-refractivity contribution in [1.29, 1.82) is 0 Å². The van der Waals surface area contributed by atoms with Crippen LogP contribution in [-0.4, -0.2) is 11.9 Å². The van der Waals surface area contributed by atoms with Crippen LogP contribution in [0.4, 0.5) is 11.4 Å². The van der Waals surface area contributed by atoms with Crippen molar-refractivity contribution in [1.82, 2.24) is 0 Å². The number of aliphatic imine (C=N–C) groups is 2. The highest BCUT2D eigenvalue weighted by Crippen LogP contribution is 2.34. The molecule has 0 aliphatic rings. The SMILES string of the molecule is Cc1cc(N=C(N)N)ccc1-c1ccc(-c2ccc(N=C(N)N)cc2C)o1.Cl.Cl. The molecule has 2 aromatic carbocycles. The summed E-state index contributed by atoms with van der Waals surface area (Å²) in [7, 11) is 0. The largest absolute Gasteiger partial charge is 0.456 e. The Morgan fingerprint density at radius 1 is 0.655 bits per heavy atom. The van der Waals surface area contributed by atoms with Gasteiger partial charge in [-0.1, -0.05) is 0 Å². The van der Waals surface area contributed by atoms with E-state index < -0.39 is 0 Å². The van der Waals surface area contributed by atoms with Gasteiger partial charge < -0.3 is 27.4 Å². The number of guanidine groups is 2. The topological polar surface area (TPSA) is 142 Å². The first-order chi connectivity index (χ1) is 12.8. The van der Waals surface area contributed by atoms with Gasteiger partial charge in [0.1, 0.15) is 11.5 Å². The van der Waals surface area contributed by atoms with E-state index in [1.165, 1.54) is 0 Å². The summed E-state index contributed by atoms with van der Waals surface area (Å²) in [5.41, 5.74) is 27.1. The van der Waals surface area contributed by atoms with E-state index in [-0.39, 0.29) is 36.7 Å². The Morgan fingerprint density at radius 2 is 1.03 bits per heavy atom. The molecule has 0 atom stereocenters. The molecule has 0 unspecified atom stereocenters. The molecule has 8 N–H and O–H groups in total. The molecule has 1 aromatic heterocycles. The second-order valence-electron chi connectivity index (χ2n) is 6.24. The summed E-state index contributed by atoms with van der Waals surface area (Å²) in [5, 5.41) is 0. The van der Waals surface area contributed by atoms with Crippen LogP contribution in [0, 0.1) is 13.8 Å². The molecule has 0 saturated heterocycles. The highest BCUT2D eigenvalue weighted by atomic mass is 35.5. The molecule has 154 valence electrons. The Morgan fingerprint density at radius 3 is 1.34 bits per heavy atom. The van der Waals surface area contributed by atoms with Crippen LogP contribution in [-0.2, 0) is 0 Å². The molecule has 1 heterocycles.